The number of nitrogens with one attached hydrogen (secondary N) is 1. The molecule has 1 amide bonds. The van der Waals surface area contributed by atoms with Crippen LogP contribution < -0.4 is 5.32 Å². The molecule has 3 atom stereocenters. The molecule has 0 spiro atoms. The van der Waals surface area contributed by atoms with Gasteiger partial charge in [-0.1, -0.05) is 12.1 Å². The molecule has 2 aliphatic rings. The molecule has 1 N–H and O–H groups in total. The van der Waals surface area contributed by atoms with Crippen LogP contribution in [-0.4, -0.2) is 34.9 Å². The predicted octanol–water partition coefficient (Wildman–Crippen LogP) is 3.92. The van der Waals surface area contributed by atoms with Crippen molar-refractivity contribution in [2.24, 2.45) is 5.92 Å². The Bertz CT molecular complexity index is 729. The number of aromatic nitrogens is 1. The average Bonchev–Trinajstić information content (AvgIpc) is 3.30. The standard InChI is InChI=1S/C21H25N3O/c1-15-3-2-12-24(15)14-18-13-20(18)16-4-6-19(7-5-16)23-21(25)17-8-10-22-11-9-17/h4-11,15,18,20H,2-3,12-14H2,1H3,(H,23,25)/t15-,18?,20+/m0/s1. The molecule has 1 aliphatic heterocycles. The normalized spacial score (nSPS) is 25.7. The number of hydrogen-bond donors (Lipinski definition) is 1. The monoisotopic (exact) mass is 335 g/mol. The summed E-state index contributed by atoms with van der Waals surface area (Å²) in [5, 5.41) is 2.95. The zero-order chi connectivity index (χ0) is 17.2. The summed E-state index contributed by atoms with van der Waals surface area (Å²) in [5.74, 6) is 1.40. The number of rotatable bonds is 5. The van der Waals surface area contributed by atoms with E-state index >= 15 is 0 Å². The minimum absolute atomic E-state index is 0.0949. The molecule has 1 aromatic carbocycles. The van der Waals surface area contributed by atoms with Gasteiger partial charge in [-0.2, -0.15) is 0 Å². The highest BCUT2D eigenvalue weighted by Crippen LogP contribution is 2.48. The lowest BCUT2D eigenvalue weighted by Crippen LogP contribution is -2.29. The van der Waals surface area contributed by atoms with Crippen molar-refractivity contribution in [1.29, 1.82) is 0 Å². The van der Waals surface area contributed by atoms with Crippen LogP contribution in [0.15, 0.2) is 48.8 Å². The second-order valence-corrected chi connectivity index (χ2v) is 7.40. The Hall–Kier alpha value is -2.20. The van der Waals surface area contributed by atoms with Crippen LogP contribution in [0.4, 0.5) is 5.69 Å². The van der Waals surface area contributed by atoms with Crippen molar-refractivity contribution in [3.05, 3.63) is 59.9 Å². The molecular weight excluding hydrogens is 310 g/mol. The highest BCUT2D eigenvalue weighted by atomic mass is 16.1. The summed E-state index contributed by atoms with van der Waals surface area (Å²) < 4.78 is 0. The van der Waals surface area contributed by atoms with Crippen molar-refractivity contribution in [2.45, 2.75) is 38.1 Å². The number of likely N-dealkylation sites (tertiary alicyclic amines) is 1. The number of carbonyl (C=O) groups is 1. The van der Waals surface area contributed by atoms with Crippen molar-refractivity contribution >= 4 is 11.6 Å². The smallest absolute Gasteiger partial charge is 0.255 e. The van der Waals surface area contributed by atoms with E-state index in [4.69, 9.17) is 0 Å². The largest absolute Gasteiger partial charge is 0.322 e. The van der Waals surface area contributed by atoms with E-state index in [0.717, 1.165) is 17.6 Å². The van der Waals surface area contributed by atoms with Crippen LogP contribution in [0, 0.1) is 5.92 Å². The summed E-state index contributed by atoms with van der Waals surface area (Å²) in [6.07, 6.45) is 7.26. The molecule has 1 saturated carbocycles. The fourth-order valence-corrected chi connectivity index (χ4v) is 3.94. The zero-order valence-corrected chi connectivity index (χ0v) is 14.7. The highest BCUT2D eigenvalue weighted by Gasteiger charge is 2.40. The summed E-state index contributed by atoms with van der Waals surface area (Å²) in [4.78, 5) is 18.8. The molecule has 25 heavy (non-hydrogen) atoms. The number of hydrogen-bond acceptors (Lipinski definition) is 3. The van der Waals surface area contributed by atoms with Crippen LogP contribution in [0.1, 0.15) is 48.0 Å². The predicted molar refractivity (Wildman–Crippen MR) is 99.7 cm³/mol. The molecule has 4 nitrogen and oxygen atoms in total. The number of anilines is 1. The lowest BCUT2D eigenvalue weighted by atomic mass is 10.1. The second-order valence-electron chi connectivity index (χ2n) is 7.40. The zero-order valence-electron chi connectivity index (χ0n) is 14.7. The van der Waals surface area contributed by atoms with Gasteiger partial charge in [0.1, 0.15) is 0 Å². The third kappa shape index (κ3) is 3.74. The fourth-order valence-electron chi connectivity index (χ4n) is 3.94. The molecule has 1 aromatic heterocycles. The maximum absolute atomic E-state index is 12.2. The Morgan fingerprint density at radius 2 is 1.96 bits per heavy atom. The van der Waals surface area contributed by atoms with Crippen molar-refractivity contribution in [1.82, 2.24) is 9.88 Å². The minimum atomic E-state index is -0.0949. The lowest BCUT2D eigenvalue weighted by molar-refractivity contribution is 0.102. The molecule has 2 fully saturated rings. The van der Waals surface area contributed by atoms with Crippen molar-refractivity contribution in [3.8, 4) is 0 Å². The number of pyridine rings is 1. The Morgan fingerprint density at radius 1 is 1.20 bits per heavy atom. The molecule has 0 bridgehead atoms. The Labute approximate surface area is 149 Å². The van der Waals surface area contributed by atoms with Gasteiger partial charge in [0.25, 0.3) is 5.91 Å². The maximum atomic E-state index is 12.2. The van der Waals surface area contributed by atoms with Crippen molar-refractivity contribution in [2.75, 3.05) is 18.4 Å². The molecule has 2 heterocycles. The second kappa shape index (κ2) is 6.96. The third-order valence-corrected chi connectivity index (χ3v) is 5.62. The first-order valence-corrected chi connectivity index (χ1v) is 9.26. The first kappa shape index (κ1) is 16.3. The summed E-state index contributed by atoms with van der Waals surface area (Å²) in [6.45, 7) is 4.86. The van der Waals surface area contributed by atoms with E-state index in [0.29, 0.717) is 11.5 Å². The Kier molecular flexibility index (Phi) is 4.53. The van der Waals surface area contributed by atoms with Gasteiger partial charge < -0.3 is 10.2 Å². The lowest BCUT2D eigenvalue weighted by Gasteiger charge is -2.20. The summed E-state index contributed by atoms with van der Waals surface area (Å²) >= 11 is 0. The number of nitrogens with zero attached hydrogens (tertiary/aromatic N) is 2. The van der Waals surface area contributed by atoms with Gasteiger partial charge in [0.05, 0.1) is 0 Å². The molecule has 4 heteroatoms. The van der Waals surface area contributed by atoms with Gasteiger partial charge in [-0.05, 0) is 74.4 Å². The van der Waals surface area contributed by atoms with Gasteiger partial charge in [0.15, 0.2) is 0 Å². The highest BCUT2D eigenvalue weighted by molar-refractivity contribution is 6.04. The van der Waals surface area contributed by atoms with Crippen LogP contribution in [-0.2, 0) is 0 Å². The van der Waals surface area contributed by atoms with Crippen molar-refractivity contribution < 1.29 is 4.79 Å². The van der Waals surface area contributed by atoms with E-state index in [9.17, 15) is 4.79 Å². The van der Waals surface area contributed by atoms with Crippen LogP contribution in [0.25, 0.3) is 0 Å². The average molecular weight is 335 g/mol. The van der Waals surface area contributed by atoms with E-state index in [1.165, 1.54) is 37.9 Å². The fraction of sp³-hybridized carbons (Fsp3) is 0.429. The molecule has 1 unspecified atom stereocenters. The summed E-state index contributed by atoms with van der Waals surface area (Å²) in [6, 6.07) is 12.6. The maximum Gasteiger partial charge on any atom is 0.255 e. The number of amides is 1. The quantitative estimate of drug-likeness (QED) is 0.901. The molecular formula is C21H25N3O. The molecule has 4 rings (SSSR count). The Balaban J connectivity index is 1.33. The van der Waals surface area contributed by atoms with Crippen LogP contribution in [0.3, 0.4) is 0 Å². The SMILES string of the molecule is C[C@H]1CCCN1CC1C[C@@H]1c1ccc(NC(=O)c2ccncc2)cc1. The number of carbonyl (C=O) groups excluding carboxylic acids is 1. The third-order valence-electron chi connectivity index (χ3n) is 5.62. The van der Waals surface area contributed by atoms with E-state index in [-0.39, 0.29) is 5.91 Å². The van der Waals surface area contributed by atoms with Gasteiger partial charge in [0.2, 0.25) is 0 Å². The van der Waals surface area contributed by atoms with E-state index in [1.54, 1.807) is 24.5 Å². The van der Waals surface area contributed by atoms with Crippen molar-refractivity contribution in [3.63, 3.8) is 0 Å². The molecule has 1 saturated heterocycles. The van der Waals surface area contributed by atoms with Gasteiger partial charge in [-0.15, -0.1) is 0 Å². The van der Waals surface area contributed by atoms with Gasteiger partial charge in [-0.3, -0.25) is 9.78 Å². The first-order valence-electron chi connectivity index (χ1n) is 9.26. The molecule has 2 aromatic rings. The van der Waals surface area contributed by atoms with Gasteiger partial charge >= 0.3 is 0 Å². The van der Waals surface area contributed by atoms with E-state index < -0.39 is 0 Å². The summed E-state index contributed by atoms with van der Waals surface area (Å²) in [5.41, 5.74) is 2.87. The van der Waals surface area contributed by atoms with Crippen LogP contribution in [0.5, 0.6) is 0 Å². The summed E-state index contributed by atoms with van der Waals surface area (Å²) in [7, 11) is 0. The Morgan fingerprint density at radius 3 is 2.64 bits per heavy atom. The van der Waals surface area contributed by atoms with E-state index in [1.807, 2.05) is 12.1 Å². The minimum Gasteiger partial charge on any atom is -0.322 e. The van der Waals surface area contributed by atoms with Gasteiger partial charge in [0, 0.05) is 36.2 Å². The molecule has 1 aliphatic carbocycles. The van der Waals surface area contributed by atoms with Gasteiger partial charge in [-0.25, -0.2) is 0 Å². The molecule has 0 radical (unpaired) electrons. The number of benzene rings is 1. The van der Waals surface area contributed by atoms with Crippen LogP contribution in [0.2, 0.25) is 0 Å². The first-order chi connectivity index (χ1) is 12.2. The molecule has 130 valence electrons. The van der Waals surface area contributed by atoms with E-state index in [2.05, 4.69) is 34.3 Å². The van der Waals surface area contributed by atoms with Crippen LogP contribution >= 0.6 is 0 Å². The topological polar surface area (TPSA) is 45.2 Å².